The van der Waals surface area contributed by atoms with Crippen molar-refractivity contribution >= 4 is 29.3 Å². The molecule has 0 aromatic heterocycles. The Labute approximate surface area is 175 Å². The zero-order valence-corrected chi connectivity index (χ0v) is 16.7. The fourth-order valence-electron chi connectivity index (χ4n) is 2.36. The van der Waals surface area contributed by atoms with Gasteiger partial charge in [-0.25, -0.2) is 4.79 Å². The molecule has 0 fully saturated rings. The van der Waals surface area contributed by atoms with Gasteiger partial charge in [0.05, 0.1) is 17.7 Å². The van der Waals surface area contributed by atoms with Gasteiger partial charge in [0, 0.05) is 5.56 Å². The van der Waals surface area contributed by atoms with Gasteiger partial charge in [0.15, 0.2) is 23.9 Å². The van der Waals surface area contributed by atoms with Gasteiger partial charge in [-0.3, -0.25) is 9.59 Å². The molecular formula is C20H18ClF2NO6. The number of esters is 1. The minimum atomic E-state index is -3.05. The van der Waals surface area contributed by atoms with Crippen molar-refractivity contribution in [3.8, 4) is 11.5 Å². The first-order valence-corrected chi connectivity index (χ1v) is 8.98. The number of carbonyl (C=O) groups excluding carboxylic acids is 3. The van der Waals surface area contributed by atoms with Crippen LogP contribution < -0.4 is 14.8 Å². The van der Waals surface area contributed by atoms with Crippen LogP contribution >= 0.6 is 11.6 Å². The van der Waals surface area contributed by atoms with Crippen LogP contribution in [0.15, 0.2) is 42.5 Å². The van der Waals surface area contributed by atoms with Gasteiger partial charge in [-0.05, 0) is 37.3 Å². The van der Waals surface area contributed by atoms with Crippen molar-refractivity contribution in [2.24, 2.45) is 0 Å². The molecule has 0 radical (unpaired) electrons. The number of carbonyl (C=O) groups is 3. The number of benzene rings is 2. The number of hydrogen-bond acceptors (Lipinski definition) is 6. The fourth-order valence-corrected chi connectivity index (χ4v) is 2.58. The molecule has 1 amide bonds. The van der Waals surface area contributed by atoms with E-state index in [1.807, 2.05) is 0 Å². The van der Waals surface area contributed by atoms with Crippen LogP contribution in [-0.4, -0.2) is 44.0 Å². The summed E-state index contributed by atoms with van der Waals surface area (Å²) in [5.41, 5.74) is 0.252. The van der Waals surface area contributed by atoms with Gasteiger partial charge in [0.1, 0.15) is 6.04 Å². The molecule has 2 rings (SSSR count). The number of rotatable bonds is 9. The third-order valence-corrected chi connectivity index (χ3v) is 4.20. The quantitative estimate of drug-likeness (QED) is 0.473. The number of amides is 1. The highest BCUT2D eigenvalue weighted by molar-refractivity contribution is 6.33. The normalized spacial score (nSPS) is 11.5. The second kappa shape index (κ2) is 10.5. The maximum absolute atomic E-state index is 12.4. The fraction of sp³-hybridized carbons (Fsp3) is 0.250. The Morgan fingerprint density at radius 3 is 2.43 bits per heavy atom. The standard InChI is InChI=1S/C20H18ClF2NO6/c1-11(24-18(26)13-5-3-4-6-14(13)21)19(27)29-10-15(25)12-7-8-16(30-20(22)23)17(9-12)28-2/h3-9,11,20H,10H2,1-2H3,(H,24,26)/t11-/m0/s1. The van der Waals surface area contributed by atoms with Crippen molar-refractivity contribution in [2.75, 3.05) is 13.7 Å². The number of nitrogens with one attached hydrogen (secondary N) is 1. The number of methoxy groups -OCH3 is 1. The molecule has 2 aromatic rings. The molecule has 30 heavy (non-hydrogen) atoms. The lowest BCUT2D eigenvalue weighted by Crippen LogP contribution is -2.40. The molecule has 0 saturated heterocycles. The molecule has 0 spiro atoms. The summed E-state index contributed by atoms with van der Waals surface area (Å²) in [7, 11) is 1.23. The van der Waals surface area contributed by atoms with E-state index in [-0.39, 0.29) is 27.6 Å². The first kappa shape index (κ1) is 23.1. The van der Waals surface area contributed by atoms with Gasteiger partial charge in [-0.15, -0.1) is 0 Å². The Kier molecular flexibility index (Phi) is 8.11. The summed E-state index contributed by atoms with van der Waals surface area (Å²) in [6.07, 6.45) is 0. The van der Waals surface area contributed by atoms with Crippen LogP contribution in [-0.2, 0) is 9.53 Å². The third kappa shape index (κ3) is 6.15. The van der Waals surface area contributed by atoms with Crippen molar-refractivity contribution in [1.29, 1.82) is 0 Å². The maximum atomic E-state index is 12.4. The van der Waals surface area contributed by atoms with E-state index >= 15 is 0 Å². The smallest absolute Gasteiger partial charge is 0.387 e. The Morgan fingerprint density at radius 1 is 1.10 bits per heavy atom. The Balaban J connectivity index is 1.94. The summed E-state index contributed by atoms with van der Waals surface area (Å²) in [4.78, 5) is 36.5. The largest absolute Gasteiger partial charge is 0.493 e. The van der Waals surface area contributed by atoms with Crippen molar-refractivity contribution in [3.63, 3.8) is 0 Å². The zero-order valence-electron chi connectivity index (χ0n) is 16.0. The number of Topliss-reactive ketones (excluding diaryl/α,β-unsaturated/α-hetero) is 1. The molecule has 7 nitrogen and oxygen atoms in total. The molecule has 0 unspecified atom stereocenters. The van der Waals surface area contributed by atoms with E-state index in [1.165, 1.54) is 38.3 Å². The molecule has 160 valence electrons. The van der Waals surface area contributed by atoms with E-state index in [0.29, 0.717) is 0 Å². The summed E-state index contributed by atoms with van der Waals surface area (Å²) in [5.74, 6) is -2.33. The molecule has 0 aliphatic rings. The molecule has 1 N–H and O–H groups in total. The average Bonchev–Trinajstić information content (AvgIpc) is 2.71. The lowest BCUT2D eigenvalue weighted by molar-refractivity contribution is -0.144. The Morgan fingerprint density at radius 2 is 1.80 bits per heavy atom. The molecule has 0 aliphatic heterocycles. The van der Waals surface area contributed by atoms with Crippen LogP contribution in [0, 0.1) is 0 Å². The lowest BCUT2D eigenvalue weighted by Gasteiger charge is -2.14. The van der Waals surface area contributed by atoms with Crippen molar-refractivity contribution < 1.29 is 37.4 Å². The average molecular weight is 442 g/mol. The van der Waals surface area contributed by atoms with Crippen LogP contribution in [0.4, 0.5) is 8.78 Å². The van der Waals surface area contributed by atoms with Crippen LogP contribution in [0.2, 0.25) is 5.02 Å². The Bertz CT molecular complexity index is 937. The van der Waals surface area contributed by atoms with Crippen LogP contribution in [0.3, 0.4) is 0 Å². The number of ketones is 1. The molecule has 0 aliphatic carbocycles. The number of hydrogen-bond donors (Lipinski definition) is 1. The van der Waals surface area contributed by atoms with E-state index in [9.17, 15) is 23.2 Å². The van der Waals surface area contributed by atoms with E-state index in [4.69, 9.17) is 21.1 Å². The predicted molar refractivity (Wildman–Crippen MR) is 103 cm³/mol. The first-order valence-electron chi connectivity index (χ1n) is 8.61. The summed E-state index contributed by atoms with van der Waals surface area (Å²) in [6, 6.07) is 8.83. The van der Waals surface area contributed by atoms with Crippen molar-refractivity contribution in [1.82, 2.24) is 5.32 Å². The highest BCUT2D eigenvalue weighted by Gasteiger charge is 2.21. The molecule has 2 aromatic carbocycles. The third-order valence-electron chi connectivity index (χ3n) is 3.87. The first-order chi connectivity index (χ1) is 14.2. The second-order valence-electron chi connectivity index (χ2n) is 5.95. The van der Waals surface area contributed by atoms with Gasteiger partial charge in [-0.1, -0.05) is 23.7 Å². The predicted octanol–water partition coefficient (Wildman–Crippen LogP) is 3.49. The zero-order chi connectivity index (χ0) is 22.3. The molecule has 10 heteroatoms. The van der Waals surface area contributed by atoms with E-state index in [1.54, 1.807) is 12.1 Å². The van der Waals surface area contributed by atoms with Gasteiger partial charge >= 0.3 is 12.6 Å². The molecule has 0 saturated carbocycles. The van der Waals surface area contributed by atoms with Crippen LogP contribution in [0.25, 0.3) is 0 Å². The number of ether oxygens (including phenoxy) is 3. The molecule has 0 heterocycles. The van der Waals surface area contributed by atoms with Crippen molar-refractivity contribution in [2.45, 2.75) is 19.6 Å². The summed E-state index contributed by atoms with van der Waals surface area (Å²) < 4.78 is 38.8. The number of alkyl halides is 2. The Hall–Kier alpha value is -3.20. The van der Waals surface area contributed by atoms with Crippen LogP contribution in [0.5, 0.6) is 11.5 Å². The molecule has 1 atom stereocenters. The summed E-state index contributed by atoms with van der Waals surface area (Å²) in [6.45, 7) is -2.28. The van der Waals surface area contributed by atoms with E-state index in [2.05, 4.69) is 10.1 Å². The van der Waals surface area contributed by atoms with Gasteiger partial charge in [0.25, 0.3) is 5.91 Å². The van der Waals surface area contributed by atoms with E-state index in [0.717, 1.165) is 6.07 Å². The van der Waals surface area contributed by atoms with Gasteiger partial charge < -0.3 is 19.5 Å². The summed E-state index contributed by atoms with van der Waals surface area (Å²) in [5, 5.41) is 2.65. The van der Waals surface area contributed by atoms with Gasteiger partial charge in [0.2, 0.25) is 0 Å². The summed E-state index contributed by atoms with van der Waals surface area (Å²) >= 11 is 5.93. The van der Waals surface area contributed by atoms with Crippen molar-refractivity contribution in [3.05, 3.63) is 58.6 Å². The SMILES string of the molecule is COc1cc(C(=O)COC(=O)[C@H](C)NC(=O)c2ccccc2Cl)ccc1OC(F)F. The number of halogens is 3. The minimum Gasteiger partial charge on any atom is -0.493 e. The topological polar surface area (TPSA) is 90.9 Å². The lowest BCUT2D eigenvalue weighted by atomic mass is 10.1. The van der Waals surface area contributed by atoms with Gasteiger partial charge in [-0.2, -0.15) is 8.78 Å². The monoisotopic (exact) mass is 441 g/mol. The highest BCUT2D eigenvalue weighted by atomic mass is 35.5. The molecular weight excluding hydrogens is 424 g/mol. The van der Waals surface area contributed by atoms with E-state index < -0.39 is 36.9 Å². The highest BCUT2D eigenvalue weighted by Crippen LogP contribution is 2.29. The van der Waals surface area contributed by atoms with Crippen LogP contribution in [0.1, 0.15) is 27.6 Å². The minimum absolute atomic E-state index is 0.0639. The maximum Gasteiger partial charge on any atom is 0.387 e. The molecule has 0 bridgehead atoms. The second-order valence-corrected chi connectivity index (χ2v) is 6.36.